The Labute approximate surface area is 154 Å². The molecule has 5 nitrogen and oxygen atoms in total. The third-order valence-electron chi connectivity index (χ3n) is 3.47. The fourth-order valence-electron chi connectivity index (χ4n) is 2.31. The molecule has 0 aliphatic rings. The van der Waals surface area contributed by atoms with Gasteiger partial charge in [0.15, 0.2) is 0 Å². The first-order chi connectivity index (χ1) is 12.2. The Balaban J connectivity index is 1.78. The highest BCUT2D eigenvalue weighted by atomic mass is 79.9. The number of ether oxygens (including phenoxy) is 1. The Morgan fingerprint density at radius 2 is 1.88 bits per heavy atom. The van der Waals surface area contributed by atoms with Crippen LogP contribution in [0, 0.1) is 0 Å². The molecule has 0 saturated carbocycles. The Kier molecular flexibility index (Phi) is 5.30. The Morgan fingerprint density at radius 1 is 1.04 bits per heavy atom. The van der Waals surface area contributed by atoms with Crippen molar-refractivity contribution in [2.45, 2.75) is 0 Å². The van der Waals surface area contributed by atoms with Gasteiger partial charge in [0.25, 0.3) is 5.91 Å². The highest BCUT2D eigenvalue weighted by Crippen LogP contribution is 2.27. The zero-order valence-electron chi connectivity index (χ0n) is 13.5. The molecule has 25 heavy (non-hydrogen) atoms. The van der Waals surface area contributed by atoms with Crippen LogP contribution in [0.15, 0.2) is 71.5 Å². The van der Waals surface area contributed by atoms with Gasteiger partial charge in [0, 0.05) is 16.4 Å². The van der Waals surface area contributed by atoms with Gasteiger partial charge in [-0.1, -0.05) is 34.1 Å². The van der Waals surface area contributed by atoms with Gasteiger partial charge in [0.2, 0.25) is 0 Å². The number of aromatic nitrogens is 1. The number of benzene rings is 2. The van der Waals surface area contributed by atoms with Crippen molar-refractivity contribution in [2.75, 3.05) is 17.7 Å². The molecule has 6 heteroatoms. The van der Waals surface area contributed by atoms with Crippen molar-refractivity contribution in [1.29, 1.82) is 0 Å². The summed E-state index contributed by atoms with van der Waals surface area (Å²) in [5.41, 5.74) is 2.67. The lowest BCUT2D eigenvalue weighted by Gasteiger charge is -2.11. The molecule has 2 aromatic carbocycles. The number of pyridine rings is 1. The van der Waals surface area contributed by atoms with Crippen LogP contribution in [0.1, 0.15) is 10.4 Å². The van der Waals surface area contributed by atoms with Gasteiger partial charge in [-0.15, -0.1) is 0 Å². The summed E-state index contributed by atoms with van der Waals surface area (Å²) in [6.45, 7) is 0. The molecule has 0 aliphatic heterocycles. The third kappa shape index (κ3) is 4.36. The summed E-state index contributed by atoms with van der Waals surface area (Å²) in [4.78, 5) is 16.6. The largest absolute Gasteiger partial charge is 0.495 e. The second-order valence-electron chi connectivity index (χ2n) is 5.25. The van der Waals surface area contributed by atoms with Crippen LogP contribution in [0.3, 0.4) is 0 Å². The van der Waals surface area contributed by atoms with E-state index in [1.165, 1.54) is 6.20 Å². The smallest absolute Gasteiger partial charge is 0.257 e. The van der Waals surface area contributed by atoms with E-state index in [0.29, 0.717) is 22.7 Å². The topological polar surface area (TPSA) is 63.2 Å². The van der Waals surface area contributed by atoms with Crippen molar-refractivity contribution >= 4 is 38.9 Å². The van der Waals surface area contributed by atoms with E-state index < -0.39 is 0 Å². The number of hydrogen-bond donors (Lipinski definition) is 2. The van der Waals surface area contributed by atoms with Crippen LogP contribution >= 0.6 is 15.9 Å². The summed E-state index contributed by atoms with van der Waals surface area (Å²) >= 11 is 3.39. The maximum absolute atomic E-state index is 12.4. The van der Waals surface area contributed by atoms with Crippen LogP contribution in [-0.2, 0) is 0 Å². The lowest BCUT2D eigenvalue weighted by molar-refractivity contribution is 0.102. The van der Waals surface area contributed by atoms with E-state index in [0.717, 1.165) is 10.2 Å². The fourth-order valence-corrected chi connectivity index (χ4v) is 2.70. The monoisotopic (exact) mass is 397 g/mol. The van der Waals surface area contributed by atoms with Crippen molar-refractivity contribution in [2.24, 2.45) is 0 Å². The molecule has 0 unspecified atom stereocenters. The number of methoxy groups -OCH3 is 1. The maximum Gasteiger partial charge on any atom is 0.257 e. The minimum Gasteiger partial charge on any atom is -0.495 e. The van der Waals surface area contributed by atoms with E-state index in [1.807, 2.05) is 48.5 Å². The van der Waals surface area contributed by atoms with Crippen LogP contribution in [0.2, 0.25) is 0 Å². The number of nitrogens with one attached hydrogen (secondary N) is 2. The predicted octanol–water partition coefficient (Wildman–Crippen LogP) is 4.85. The van der Waals surface area contributed by atoms with Crippen LogP contribution in [0.5, 0.6) is 5.75 Å². The van der Waals surface area contributed by atoms with Crippen molar-refractivity contribution in [3.63, 3.8) is 0 Å². The Hall–Kier alpha value is -2.86. The number of rotatable bonds is 5. The van der Waals surface area contributed by atoms with Crippen LogP contribution in [0.4, 0.5) is 17.1 Å². The highest BCUT2D eigenvalue weighted by molar-refractivity contribution is 9.10. The summed E-state index contributed by atoms with van der Waals surface area (Å²) in [6, 6.07) is 16.7. The fraction of sp³-hybridized carbons (Fsp3) is 0.0526. The number of hydrogen-bond acceptors (Lipinski definition) is 4. The van der Waals surface area contributed by atoms with Crippen molar-refractivity contribution in [1.82, 2.24) is 4.98 Å². The van der Waals surface area contributed by atoms with Crippen molar-refractivity contribution in [3.8, 4) is 5.75 Å². The SMILES string of the molecule is COc1ccccc1Nc1cncc(C(=O)Nc2cccc(Br)c2)c1. The van der Waals surface area contributed by atoms with E-state index >= 15 is 0 Å². The van der Waals surface area contributed by atoms with Gasteiger partial charge >= 0.3 is 0 Å². The molecule has 0 aliphatic carbocycles. The second-order valence-corrected chi connectivity index (χ2v) is 6.17. The molecule has 0 spiro atoms. The molecule has 126 valence electrons. The van der Waals surface area contributed by atoms with E-state index in [4.69, 9.17) is 4.74 Å². The molecule has 0 radical (unpaired) electrons. The number of carbonyl (C=O) groups is 1. The van der Waals surface area contributed by atoms with Gasteiger partial charge in [0.05, 0.1) is 30.2 Å². The Morgan fingerprint density at radius 3 is 2.68 bits per heavy atom. The average molecular weight is 398 g/mol. The number of halogens is 1. The van der Waals surface area contributed by atoms with Crippen molar-refractivity contribution in [3.05, 3.63) is 77.0 Å². The van der Waals surface area contributed by atoms with Gasteiger partial charge in [-0.05, 0) is 36.4 Å². The molecule has 1 aromatic heterocycles. The van der Waals surface area contributed by atoms with E-state index in [-0.39, 0.29) is 5.91 Å². The lowest BCUT2D eigenvalue weighted by atomic mass is 10.2. The Bertz CT molecular complexity index is 899. The summed E-state index contributed by atoms with van der Waals surface area (Å²) in [5.74, 6) is 0.487. The minimum absolute atomic E-state index is 0.228. The number of nitrogens with zero attached hydrogens (tertiary/aromatic N) is 1. The molecular formula is C19H16BrN3O2. The van der Waals surface area contributed by atoms with Crippen LogP contribution in [0.25, 0.3) is 0 Å². The standard InChI is InChI=1S/C19H16BrN3O2/c1-25-18-8-3-2-7-17(18)22-16-9-13(11-21-12-16)19(24)23-15-6-4-5-14(20)10-15/h2-12,22H,1H3,(H,23,24). The quantitative estimate of drug-likeness (QED) is 0.645. The number of carbonyl (C=O) groups excluding carboxylic acids is 1. The maximum atomic E-state index is 12.4. The zero-order chi connectivity index (χ0) is 17.6. The molecule has 0 bridgehead atoms. The van der Waals surface area contributed by atoms with Crippen molar-refractivity contribution < 1.29 is 9.53 Å². The predicted molar refractivity (Wildman–Crippen MR) is 103 cm³/mol. The first kappa shape index (κ1) is 17.0. The van der Waals surface area contributed by atoms with Gasteiger partial charge in [0.1, 0.15) is 5.75 Å². The molecule has 0 fully saturated rings. The van der Waals surface area contributed by atoms with E-state index in [2.05, 4.69) is 31.5 Å². The lowest BCUT2D eigenvalue weighted by Crippen LogP contribution is -2.12. The number of anilines is 3. The zero-order valence-corrected chi connectivity index (χ0v) is 15.1. The summed E-state index contributed by atoms with van der Waals surface area (Å²) in [6.07, 6.45) is 3.18. The van der Waals surface area contributed by atoms with Gasteiger partial charge in [-0.2, -0.15) is 0 Å². The van der Waals surface area contributed by atoms with Gasteiger partial charge < -0.3 is 15.4 Å². The van der Waals surface area contributed by atoms with Gasteiger partial charge in [-0.3, -0.25) is 9.78 Å². The molecule has 2 N–H and O–H groups in total. The summed E-state index contributed by atoms with van der Waals surface area (Å²) in [7, 11) is 1.61. The molecule has 1 amide bonds. The van der Waals surface area contributed by atoms with Gasteiger partial charge in [-0.25, -0.2) is 0 Å². The number of amides is 1. The minimum atomic E-state index is -0.228. The third-order valence-corrected chi connectivity index (χ3v) is 3.96. The average Bonchev–Trinajstić information content (AvgIpc) is 2.62. The summed E-state index contributed by atoms with van der Waals surface area (Å²) < 4.78 is 6.22. The molecule has 0 saturated heterocycles. The molecular weight excluding hydrogens is 382 g/mol. The first-order valence-corrected chi connectivity index (χ1v) is 8.37. The second kappa shape index (κ2) is 7.81. The van der Waals surface area contributed by atoms with E-state index in [1.54, 1.807) is 19.4 Å². The molecule has 1 heterocycles. The van der Waals surface area contributed by atoms with E-state index in [9.17, 15) is 4.79 Å². The van der Waals surface area contributed by atoms with Crippen LogP contribution < -0.4 is 15.4 Å². The molecule has 0 atom stereocenters. The summed E-state index contributed by atoms with van der Waals surface area (Å²) in [5, 5.41) is 6.07. The van der Waals surface area contributed by atoms with Crippen LogP contribution in [-0.4, -0.2) is 18.0 Å². The highest BCUT2D eigenvalue weighted by Gasteiger charge is 2.09. The first-order valence-electron chi connectivity index (χ1n) is 7.58. The molecule has 3 rings (SSSR count). The molecule has 3 aromatic rings. The normalized spacial score (nSPS) is 10.2. The number of para-hydroxylation sites is 2.